The minimum absolute atomic E-state index is 0.0408. The van der Waals surface area contributed by atoms with Crippen LogP contribution in [0.1, 0.15) is 47.1 Å². The number of nitrogens with zero attached hydrogens (tertiary/aromatic N) is 3. The van der Waals surface area contributed by atoms with Gasteiger partial charge in [0.05, 0.1) is 22.9 Å². The predicted molar refractivity (Wildman–Crippen MR) is 148 cm³/mol. The number of aryl methyl sites for hydroxylation is 2. The van der Waals surface area contributed by atoms with Crippen LogP contribution in [0.5, 0.6) is 0 Å². The molecule has 212 valence electrons. The molecule has 2 heterocycles. The summed E-state index contributed by atoms with van der Waals surface area (Å²) in [7, 11) is 0. The van der Waals surface area contributed by atoms with Crippen molar-refractivity contribution in [3.63, 3.8) is 0 Å². The van der Waals surface area contributed by atoms with Crippen LogP contribution in [0.4, 0.5) is 24.5 Å². The minimum Gasteiger partial charge on any atom is -0.338 e. The summed E-state index contributed by atoms with van der Waals surface area (Å²) in [6, 6.07) is 18.1. The number of likely N-dealkylation sites (tertiary alicyclic amines) is 1. The van der Waals surface area contributed by atoms with E-state index < -0.39 is 35.4 Å². The molecule has 0 spiro atoms. The van der Waals surface area contributed by atoms with E-state index in [-0.39, 0.29) is 30.3 Å². The van der Waals surface area contributed by atoms with Gasteiger partial charge in [0.1, 0.15) is 5.92 Å². The van der Waals surface area contributed by atoms with E-state index in [0.29, 0.717) is 17.8 Å². The van der Waals surface area contributed by atoms with Gasteiger partial charge in [0.2, 0.25) is 17.7 Å². The van der Waals surface area contributed by atoms with Crippen LogP contribution >= 0.6 is 0 Å². The molecule has 0 aromatic heterocycles. The Bertz CT molecular complexity index is 1530. The Hall–Kier alpha value is -4.47. The van der Waals surface area contributed by atoms with Crippen LogP contribution in [0.15, 0.2) is 71.8 Å². The van der Waals surface area contributed by atoms with E-state index in [1.165, 1.54) is 11.0 Å². The Labute approximate surface area is 235 Å². The third-order valence-electron chi connectivity index (χ3n) is 7.40. The fraction of sp³-hybridized carbons (Fsp3) is 0.290. The highest BCUT2D eigenvalue weighted by Gasteiger charge is 2.42. The first kappa shape index (κ1) is 28.1. The summed E-state index contributed by atoms with van der Waals surface area (Å²) in [6.07, 6.45) is -4.55. The monoisotopic (exact) mass is 562 g/mol. The van der Waals surface area contributed by atoms with Gasteiger partial charge in [0.25, 0.3) is 0 Å². The number of alkyl halides is 3. The van der Waals surface area contributed by atoms with E-state index in [4.69, 9.17) is 0 Å². The molecule has 0 radical (unpaired) electrons. The van der Waals surface area contributed by atoms with Gasteiger partial charge in [-0.1, -0.05) is 42.5 Å². The molecule has 2 aliphatic rings. The second-order valence-electron chi connectivity index (χ2n) is 10.6. The third-order valence-corrected chi connectivity index (χ3v) is 7.40. The van der Waals surface area contributed by atoms with Crippen LogP contribution in [-0.4, -0.2) is 34.9 Å². The quantitative estimate of drug-likeness (QED) is 0.313. The standard InChI is InChI=1S/C31H29F3N4O3/c1-18-11-19(2)13-24(12-18)38-26-15-23(31(32,33)34)9-10-25(26)28(30(38)41)20(3)35-36-29(40)22-14-27(39)37(17-22)16-21-7-5-4-6-8-21/h4-13,15,22,28H,14,16-17H2,1-3H3,(H,36,40)/b35-20-. The molecular weight excluding hydrogens is 533 g/mol. The number of hydrazone groups is 1. The molecule has 41 heavy (non-hydrogen) atoms. The Morgan fingerprint density at radius 1 is 1.00 bits per heavy atom. The highest BCUT2D eigenvalue weighted by molar-refractivity contribution is 6.22. The number of carbonyl (C=O) groups excluding carboxylic acids is 3. The van der Waals surface area contributed by atoms with Gasteiger partial charge < -0.3 is 4.90 Å². The average molecular weight is 563 g/mol. The number of rotatable bonds is 6. The topological polar surface area (TPSA) is 82.1 Å². The van der Waals surface area contributed by atoms with Crippen LogP contribution in [0.2, 0.25) is 0 Å². The van der Waals surface area contributed by atoms with Crippen LogP contribution in [0.3, 0.4) is 0 Å². The number of halogens is 3. The highest BCUT2D eigenvalue weighted by atomic mass is 19.4. The molecule has 2 aliphatic heterocycles. The Kier molecular flexibility index (Phi) is 7.42. The maximum Gasteiger partial charge on any atom is 0.416 e. The number of fused-ring (bicyclic) bond motifs is 1. The number of amides is 3. The van der Waals surface area contributed by atoms with Crippen LogP contribution in [0.25, 0.3) is 0 Å². The molecule has 7 nitrogen and oxygen atoms in total. The molecule has 3 amide bonds. The molecule has 2 atom stereocenters. The summed E-state index contributed by atoms with van der Waals surface area (Å²) in [5.74, 6) is -2.68. The first-order valence-corrected chi connectivity index (χ1v) is 13.2. The first-order valence-electron chi connectivity index (χ1n) is 13.2. The lowest BCUT2D eigenvalue weighted by molar-refractivity contribution is -0.137. The van der Waals surface area contributed by atoms with Crippen molar-refractivity contribution in [2.45, 2.75) is 45.8 Å². The summed E-state index contributed by atoms with van der Waals surface area (Å²) >= 11 is 0. The summed E-state index contributed by atoms with van der Waals surface area (Å²) in [4.78, 5) is 42.1. The second kappa shape index (κ2) is 10.8. The number of hydrogen-bond acceptors (Lipinski definition) is 4. The summed E-state index contributed by atoms with van der Waals surface area (Å²) in [5.41, 5.74) is 5.45. The van der Waals surface area contributed by atoms with Gasteiger partial charge in [-0.2, -0.15) is 18.3 Å². The van der Waals surface area contributed by atoms with Gasteiger partial charge in [-0.15, -0.1) is 0 Å². The van der Waals surface area contributed by atoms with E-state index >= 15 is 0 Å². The Morgan fingerprint density at radius 3 is 2.34 bits per heavy atom. The highest BCUT2D eigenvalue weighted by Crippen LogP contribution is 2.45. The van der Waals surface area contributed by atoms with Gasteiger partial charge in [-0.25, -0.2) is 5.43 Å². The Balaban J connectivity index is 1.38. The van der Waals surface area contributed by atoms with Crippen LogP contribution in [-0.2, 0) is 27.1 Å². The van der Waals surface area contributed by atoms with E-state index in [9.17, 15) is 27.6 Å². The summed E-state index contributed by atoms with van der Waals surface area (Å²) in [5, 5.41) is 4.19. The number of anilines is 2. The molecule has 10 heteroatoms. The lowest BCUT2D eigenvalue weighted by Gasteiger charge is -2.20. The lowest BCUT2D eigenvalue weighted by Crippen LogP contribution is -2.32. The largest absolute Gasteiger partial charge is 0.416 e. The molecule has 1 fully saturated rings. The number of benzene rings is 3. The maximum absolute atomic E-state index is 13.7. The number of carbonyl (C=O) groups is 3. The maximum atomic E-state index is 13.7. The van der Waals surface area contributed by atoms with Gasteiger partial charge in [0.15, 0.2) is 0 Å². The molecule has 3 aromatic rings. The average Bonchev–Trinajstić information content (AvgIpc) is 3.42. The van der Waals surface area contributed by atoms with E-state index in [2.05, 4.69) is 10.5 Å². The summed E-state index contributed by atoms with van der Waals surface area (Å²) in [6.45, 7) is 5.88. The zero-order valence-electron chi connectivity index (χ0n) is 22.8. The van der Waals surface area contributed by atoms with E-state index in [1.807, 2.05) is 50.2 Å². The van der Waals surface area contributed by atoms with Crippen molar-refractivity contribution in [1.82, 2.24) is 10.3 Å². The van der Waals surface area contributed by atoms with Crippen molar-refractivity contribution < 1.29 is 27.6 Å². The summed E-state index contributed by atoms with van der Waals surface area (Å²) < 4.78 is 40.8. The fourth-order valence-corrected chi connectivity index (χ4v) is 5.49. The van der Waals surface area contributed by atoms with E-state index in [1.54, 1.807) is 24.0 Å². The normalized spacial score (nSPS) is 19.1. The SMILES string of the molecule is C/C(=N/NC(=O)C1CC(=O)N(Cc2ccccc2)C1)C1C(=O)N(c2cc(C)cc(C)c2)c2cc(C(F)(F)F)ccc21. The third kappa shape index (κ3) is 5.73. The molecular formula is C31H29F3N4O3. The smallest absolute Gasteiger partial charge is 0.338 e. The van der Waals surface area contributed by atoms with E-state index in [0.717, 1.165) is 28.8 Å². The zero-order chi connectivity index (χ0) is 29.5. The van der Waals surface area contributed by atoms with Crippen molar-refractivity contribution >= 4 is 34.8 Å². The first-order chi connectivity index (χ1) is 19.4. The van der Waals surface area contributed by atoms with Gasteiger partial charge in [-0.05, 0) is 67.3 Å². The molecule has 0 saturated carbocycles. The van der Waals surface area contributed by atoms with Gasteiger partial charge in [-0.3, -0.25) is 19.3 Å². The zero-order valence-corrected chi connectivity index (χ0v) is 22.8. The van der Waals surface area contributed by atoms with Crippen LogP contribution in [0, 0.1) is 19.8 Å². The van der Waals surface area contributed by atoms with Gasteiger partial charge in [0, 0.05) is 25.2 Å². The fourth-order valence-electron chi connectivity index (χ4n) is 5.49. The van der Waals surface area contributed by atoms with Crippen molar-refractivity contribution in [2.24, 2.45) is 11.0 Å². The Morgan fingerprint density at radius 2 is 1.68 bits per heavy atom. The molecule has 5 rings (SSSR count). The minimum atomic E-state index is -4.59. The van der Waals surface area contributed by atoms with Crippen molar-refractivity contribution in [2.75, 3.05) is 11.4 Å². The lowest BCUT2D eigenvalue weighted by atomic mass is 9.95. The molecule has 3 aromatic carbocycles. The molecule has 1 N–H and O–H groups in total. The van der Waals surface area contributed by atoms with Crippen LogP contribution < -0.4 is 10.3 Å². The molecule has 0 bridgehead atoms. The molecule has 0 aliphatic carbocycles. The second-order valence-corrected chi connectivity index (χ2v) is 10.6. The van der Waals surface area contributed by atoms with Crippen molar-refractivity contribution in [1.29, 1.82) is 0 Å². The van der Waals surface area contributed by atoms with Gasteiger partial charge >= 0.3 is 6.18 Å². The molecule has 2 unspecified atom stereocenters. The number of nitrogens with one attached hydrogen (secondary N) is 1. The van der Waals surface area contributed by atoms with Crippen molar-refractivity contribution in [3.05, 3.63) is 94.5 Å². The predicted octanol–water partition coefficient (Wildman–Crippen LogP) is 5.62. The number of hydrogen-bond donors (Lipinski definition) is 1. The molecule has 1 saturated heterocycles. The van der Waals surface area contributed by atoms with Crippen molar-refractivity contribution in [3.8, 4) is 0 Å².